The molecule has 0 bridgehead atoms. The molecule has 14 heavy (non-hydrogen) atoms. The van der Waals surface area contributed by atoms with Gasteiger partial charge in [0.25, 0.3) is 0 Å². The van der Waals surface area contributed by atoms with Crippen molar-refractivity contribution in [1.29, 1.82) is 0 Å². The molecule has 1 rings (SSSR count). The van der Waals surface area contributed by atoms with Crippen LogP contribution in [0.25, 0.3) is 0 Å². The van der Waals surface area contributed by atoms with E-state index < -0.39 is 0 Å². The van der Waals surface area contributed by atoms with Crippen molar-refractivity contribution < 1.29 is 14.3 Å². The summed E-state index contributed by atoms with van der Waals surface area (Å²) in [4.78, 5) is 11.3. The number of hydrogen-bond acceptors (Lipinski definition) is 3. The van der Waals surface area contributed by atoms with E-state index in [4.69, 9.17) is 9.47 Å². The number of methoxy groups -OCH3 is 1. The molecule has 0 N–H and O–H groups in total. The third kappa shape index (κ3) is 4.61. The van der Waals surface area contributed by atoms with Crippen LogP contribution >= 0.6 is 0 Å². The van der Waals surface area contributed by atoms with E-state index in [0.29, 0.717) is 25.6 Å². The summed E-state index contributed by atoms with van der Waals surface area (Å²) in [6.07, 6.45) is 6.86. The number of carbonyl (C=O) groups excluding carboxylic acids is 1. The quantitative estimate of drug-likeness (QED) is 0.504. The predicted molar refractivity (Wildman–Crippen MR) is 54.0 cm³/mol. The first-order chi connectivity index (χ1) is 6.83. The second-order valence-electron chi connectivity index (χ2n) is 3.92. The van der Waals surface area contributed by atoms with E-state index in [-0.39, 0.29) is 5.97 Å². The predicted octanol–water partition coefficient (Wildman–Crippen LogP) is 2.15. The smallest absolute Gasteiger partial charge is 0.306 e. The van der Waals surface area contributed by atoms with Crippen LogP contribution in [0.5, 0.6) is 0 Å². The fraction of sp³-hybridized carbons (Fsp3) is 0.909. The van der Waals surface area contributed by atoms with Crippen LogP contribution in [0, 0.1) is 5.92 Å². The third-order valence-corrected chi connectivity index (χ3v) is 2.73. The Hall–Kier alpha value is -0.570. The topological polar surface area (TPSA) is 35.5 Å². The van der Waals surface area contributed by atoms with Gasteiger partial charge in [-0.15, -0.1) is 0 Å². The van der Waals surface area contributed by atoms with E-state index >= 15 is 0 Å². The summed E-state index contributed by atoms with van der Waals surface area (Å²) >= 11 is 0. The van der Waals surface area contributed by atoms with Gasteiger partial charge in [0, 0.05) is 13.5 Å². The highest BCUT2D eigenvalue weighted by molar-refractivity contribution is 5.69. The van der Waals surface area contributed by atoms with Gasteiger partial charge < -0.3 is 9.47 Å². The zero-order valence-electron chi connectivity index (χ0n) is 8.96. The Morgan fingerprint density at radius 2 is 1.93 bits per heavy atom. The molecule has 0 heterocycles. The summed E-state index contributed by atoms with van der Waals surface area (Å²) in [5, 5.41) is 0. The number of rotatable bonds is 5. The Bertz CT molecular complexity index is 162. The average Bonchev–Trinajstić information content (AvgIpc) is 2.20. The molecule has 0 spiro atoms. The molecule has 0 radical (unpaired) electrons. The standard InChI is InChI=1S/C11H20O3/c1-13-7-8-14-11(12)9-10-5-3-2-4-6-10/h10H,2-9H2,1H3. The van der Waals surface area contributed by atoms with E-state index in [9.17, 15) is 4.79 Å². The third-order valence-electron chi connectivity index (χ3n) is 2.73. The maximum Gasteiger partial charge on any atom is 0.306 e. The summed E-state index contributed by atoms with van der Waals surface area (Å²) < 4.78 is 9.83. The minimum atomic E-state index is -0.0612. The van der Waals surface area contributed by atoms with Crippen molar-refractivity contribution in [3.8, 4) is 0 Å². The first-order valence-electron chi connectivity index (χ1n) is 5.47. The summed E-state index contributed by atoms with van der Waals surface area (Å²) in [5.74, 6) is 0.507. The molecule has 0 aliphatic heterocycles. The van der Waals surface area contributed by atoms with Crippen molar-refractivity contribution in [3.63, 3.8) is 0 Å². The number of esters is 1. The molecule has 1 aliphatic rings. The van der Waals surface area contributed by atoms with Crippen molar-refractivity contribution in [2.75, 3.05) is 20.3 Å². The van der Waals surface area contributed by atoms with Gasteiger partial charge in [-0.1, -0.05) is 19.3 Å². The molecule has 1 saturated carbocycles. The van der Waals surface area contributed by atoms with Crippen molar-refractivity contribution in [3.05, 3.63) is 0 Å². The van der Waals surface area contributed by atoms with Crippen molar-refractivity contribution >= 4 is 5.97 Å². The van der Waals surface area contributed by atoms with Gasteiger partial charge >= 0.3 is 5.97 Å². The molecule has 0 aromatic heterocycles. The van der Waals surface area contributed by atoms with Gasteiger partial charge in [0.1, 0.15) is 6.61 Å². The van der Waals surface area contributed by atoms with Crippen molar-refractivity contribution in [1.82, 2.24) is 0 Å². The Kier molecular flexibility index (Phi) is 5.60. The van der Waals surface area contributed by atoms with Crippen LogP contribution in [0.2, 0.25) is 0 Å². The van der Waals surface area contributed by atoms with Crippen LogP contribution in [0.1, 0.15) is 38.5 Å². The van der Waals surface area contributed by atoms with Crippen LogP contribution in [0.4, 0.5) is 0 Å². The fourth-order valence-corrected chi connectivity index (χ4v) is 1.92. The molecule has 1 fully saturated rings. The van der Waals surface area contributed by atoms with Gasteiger partial charge in [0.05, 0.1) is 6.61 Å². The number of hydrogen-bond donors (Lipinski definition) is 0. The van der Waals surface area contributed by atoms with Gasteiger partial charge in [-0.2, -0.15) is 0 Å². The molecule has 0 atom stereocenters. The lowest BCUT2D eigenvalue weighted by Gasteiger charge is -2.20. The molecule has 0 aromatic carbocycles. The lowest BCUT2D eigenvalue weighted by molar-refractivity contribution is -0.146. The van der Waals surface area contributed by atoms with Crippen LogP contribution in [0.15, 0.2) is 0 Å². The largest absolute Gasteiger partial charge is 0.463 e. The van der Waals surface area contributed by atoms with Gasteiger partial charge in [-0.05, 0) is 18.8 Å². The van der Waals surface area contributed by atoms with Gasteiger partial charge in [0.15, 0.2) is 0 Å². The second kappa shape index (κ2) is 6.82. The highest BCUT2D eigenvalue weighted by atomic mass is 16.6. The molecule has 0 saturated heterocycles. The van der Waals surface area contributed by atoms with Crippen molar-refractivity contribution in [2.24, 2.45) is 5.92 Å². The average molecular weight is 200 g/mol. The van der Waals surface area contributed by atoms with Gasteiger partial charge in [-0.25, -0.2) is 0 Å². The highest BCUT2D eigenvalue weighted by Gasteiger charge is 2.17. The molecule has 3 nitrogen and oxygen atoms in total. The monoisotopic (exact) mass is 200 g/mol. The summed E-state index contributed by atoms with van der Waals surface area (Å²) in [6, 6.07) is 0. The van der Waals surface area contributed by atoms with E-state index in [0.717, 1.165) is 0 Å². The minimum absolute atomic E-state index is 0.0612. The molecule has 0 aromatic rings. The van der Waals surface area contributed by atoms with E-state index in [1.54, 1.807) is 7.11 Å². The molecule has 1 aliphatic carbocycles. The first kappa shape index (κ1) is 11.5. The highest BCUT2D eigenvalue weighted by Crippen LogP contribution is 2.26. The zero-order chi connectivity index (χ0) is 10.2. The summed E-state index contributed by atoms with van der Waals surface area (Å²) in [6.45, 7) is 0.887. The number of ether oxygens (including phenoxy) is 2. The summed E-state index contributed by atoms with van der Waals surface area (Å²) in [7, 11) is 1.61. The fourth-order valence-electron chi connectivity index (χ4n) is 1.92. The molecule has 82 valence electrons. The molecular weight excluding hydrogens is 180 g/mol. The maximum atomic E-state index is 11.3. The van der Waals surface area contributed by atoms with Gasteiger partial charge in [-0.3, -0.25) is 4.79 Å². The van der Waals surface area contributed by atoms with E-state index in [2.05, 4.69) is 0 Å². The SMILES string of the molecule is COCCOC(=O)CC1CCCCC1. The Morgan fingerprint density at radius 1 is 1.21 bits per heavy atom. The minimum Gasteiger partial charge on any atom is -0.463 e. The first-order valence-corrected chi connectivity index (χ1v) is 5.47. The molecule has 0 amide bonds. The van der Waals surface area contributed by atoms with Crippen molar-refractivity contribution in [2.45, 2.75) is 38.5 Å². The van der Waals surface area contributed by atoms with Gasteiger partial charge in [0.2, 0.25) is 0 Å². The normalized spacial score (nSPS) is 18.1. The van der Waals surface area contributed by atoms with Crippen LogP contribution in [0.3, 0.4) is 0 Å². The lowest BCUT2D eigenvalue weighted by Crippen LogP contribution is -2.16. The molecular formula is C11H20O3. The Morgan fingerprint density at radius 3 is 2.57 bits per heavy atom. The molecule has 0 unspecified atom stereocenters. The second-order valence-corrected chi connectivity index (χ2v) is 3.92. The van der Waals surface area contributed by atoms with E-state index in [1.165, 1.54) is 32.1 Å². The molecule has 3 heteroatoms. The van der Waals surface area contributed by atoms with E-state index in [1.807, 2.05) is 0 Å². The zero-order valence-corrected chi connectivity index (χ0v) is 8.96. The number of carbonyl (C=O) groups is 1. The Labute approximate surface area is 85.8 Å². The maximum absolute atomic E-state index is 11.3. The van der Waals surface area contributed by atoms with Crippen LogP contribution < -0.4 is 0 Å². The lowest BCUT2D eigenvalue weighted by atomic mass is 9.87. The summed E-state index contributed by atoms with van der Waals surface area (Å²) in [5.41, 5.74) is 0. The van der Waals surface area contributed by atoms with Crippen LogP contribution in [-0.4, -0.2) is 26.3 Å². The Balaban J connectivity index is 2.06. The van der Waals surface area contributed by atoms with Crippen LogP contribution in [-0.2, 0) is 14.3 Å².